The zero-order valence-electron chi connectivity index (χ0n) is 15.7. The molecule has 8 nitrogen and oxygen atoms in total. The maximum absolute atomic E-state index is 12.3. The zero-order valence-corrected chi connectivity index (χ0v) is 15.7. The Morgan fingerprint density at radius 2 is 1.89 bits per heavy atom. The lowest BCUT2D eigenvalue weighted by atomic mass is 10.1. The second kappa shape index (κ2) is 9.01. The Morgan fingerprint density at radius 3 is 2.61 bits per heavy atom. The summed E-state index contributed by atoms with van der Waals surface area (Å²) in [4.78, 5) is 16.3. The summed E-state index contributed by atoms with van der Waals surface area (Å²) in [5.74, 6) is 1.05. The van der Waals surface area contributed by atoms with Crippen molar-refractivity contribution in [2.75, 3.05) is 14.2 Å². The minimum absolute atomic E-state index is 0.0387. The van der Waals surface area contributed by atoms with Crippen LogP contribution in [0, 0.1) is 0 Å². The predicted molar refractivity (Wildman–Crippen MR) is 102 cm³/mol. The average Bonchev–Trinajstić information content (AvgIpc) is 3.20. The van der Waals surface area contributed by atoms with E-state index in [1.165, 1.54) is 11.0 Å². The Kier molecular flexibility index (Phi) is 6.23. The number of benzene rings is 2. The first-order valence-corrected chi connectivity index (χ1v) is 8.72. The summed E-state index contributed by atoms with van der Waals surface area (Å²) < 4.78 is 11.8. The Morgan fingerprint density at radius 1 is 1.14 bits per heavy atom. The normalized spacial score (nSPS) is 11.7. The van der Waals surface area contributed by atoms with Crippen LogP contribution in [-0.2, 0) is 13.1 Å². The molecule has 2 N–H and O–H groups in total. The maximum atomic E-state index is 12.3. The molecule has 0 aliphatic heterocycles. The fraction of sp³-hybridized carbons (Fsp3) is 0.250. The van der Waals surface area contributed by atoms with E-state index in [2.05, 4.69) is 15.4 Å². The Labute approximate surface area is 162 Å². The van der Waals surface area contributed by atoms with E-state index in [-0.39, 0.29) is 12.4 Å². The number of para-hydroxylation sites is 1. The van der Waals surface area contributed by atoms with Crippen molar-refractivity contribution >= 4 is 5.91 Å². The highest BCUT2D eigenvalue weighted by Gasteiger charge is 2.15. The number of carbonyl (C=O) groups excluding carboxylic acids is 1. The van der Waals surface area contributed by atoms with Crippen molar-refractivity contribution in [2.45, 2.75) is 19.2 Å². The number of aliphatic hydroxyl groups excluding tert-OH is 1. The van der Waals surface area contributed by atoms with Crippen molar-refractivity contribution in [3.63, 3.8) is 0 Å². The first-order chi connectivity index (χ1) is 13.6. The Hall–Kier alpha value is -3.39. The average molecular weight is 382 g/mol. The number of nitrogens with one attached hydrogen (secondary N) is 1. The van der Waals surface area contributed by atoms with Crippen molar-refractivity contribution in [1.82, 2.24) is 20.1 Å². The molecule has 1 aromatic heterocycles. The summed E-state index contributed by atoms with van der Waals surface area (Å²) in [6.07, 6.45) is 0.641. The van der Waals surface area contributed by atoms with Gasteiger partial charge in [-0.3, -0.25) is 4.79 Å². The summed E-state index contributed by atoms with van der Waals surface area (Å²) in [6, 6.07) is 14.5. The quantitative estimate of drug-likeness (QED) is 0.618. The number of aromatic nitrogens is 3. The molecule has 2 aromatic carbocycles. The van der Waals surface area contributed by atoms with Crippen molar-refractivity contribution in [1.29, 1.82) is 0 Å². The van der Waals surface area contributed by atoms with Gasteiger partial charge in [0.05, 0.1) is 26.9 Å². The summed E-state index contributed by atoms with van der Waals surface area (Å²) in [5.41, 5.74) is 1.58. The van der Waals surface area contributed by atoms with Gasteiger partial charge in [-0.2, -0.15) is 0 Å². The lowest BCUT2D eigenvalue weighted by Crippen LogP contribution is -2.24. The number of hydrogen-bond acceptors (Lipinski definition) is 6. The second-order valence-corrected chi connectivity index (χ2v) is 6.07. The Balaban J connectivity index is 1.58. The third kappa shape index (κ3) is 4.66. The molecule has 146 valence electrons. The van der Waals surface area contributed by atoms with Crippen molar-refractivity contribution in [2.24, 2.45) is 0 Å². The van der Waals surface area contributed by atoms with Gasteiger partial charge in [-0.1, -0.05) is 30.3 Å². The molecule has 0 aliphatic rings. The standard InChI is InChI=1S/C20H22N4O4/c1-27-16-9-7-14(8-10-16)17(25)12-24-13-22-19(23-24)20(26)21-11-15-5-3-4-6-18(15)28-2/h3-10,13,17,25H,11-12H2,1-2H3,(H,21,26). The molecule has 0 aliphatic carbocycles. The van der Waals surface area contributed by atoms with Crippen molar-refractivity contribution in [3.8, 4) is 11.5 Å². The van der Waals surface area contributed by atoms with Gasteiger partial charge in [-0.05, 0) is 23.8 Å². The van der Waals surface area contributed by atoms with Crippen molar-refractivity contribution in [3.05, 3.63) is 71.8 Å². The number of rotatable bonds is 8. The van der Waals surface area contributed by atoms with Crippen LogP contribution >= 0.6 is 0 Å². The highest BCUT2D eigenvalue weighted by Crippen LogP contribution is 2.19. The molecule has 1 heterocycles. The van der Waals surface area contributed by atoms with Crippen LogP contribution < -0.4 is 14.8 Å². The van der Waals surface area contributed by atoms with E-state index in [0.717, 1.165) is 11.1 Å². The van der Waals surface area contributed by atoms with Crippen LogP contribution in [0.3, 0.4) is 0 Å². The lowest BCUT2D eigenvalue weighted by molar-refractivity contribution is 0.0938. The highest BCUT2D eigenvalue weighted by molar-refractivity contribution is 5.90. The van der Waals surface area contributed by atoms with Crippen molar-refractivity contribution < 1.29 is 19.4 Å². The Bertz CT molecular complexity index is 924. The van der Waals surface area contributed by atoms with E-state index in [1.54, 1.807) is 38.5 Å². The lowest BCUT2D eigenvalue weighted by Gasteiger charge is -2.11. The van der Waals surface area contributed by atoms with E-state index in [1.807, 2.05) is 24.3 Å². The van der Waals surface area contributed by atoms with Crippen LogP contribution in [0.25, 0.3) is 0 Å². The molecule has 8 heteroatoms. The van der Waals surface area contributed by atoms with Crippen LogP contribution in [0.15, 0.2) is 54.9 Å². The second-order valence-electron chi connectivity index (χ2n) is 6.07. The monoisotopic (exact) mass is 382 g/mol. The van der Waals surface area contributed by atoms with Crippen LogP contribution in [0.4, 0.5) is 0 Å². The number of ether oxygens (including phenoxy) is 2. The van der Waals surface area contributed by atoms with E-state index in [9.17, 15) is 9.90 Å². The molecule has 28 heavy (non-hydrogen) atoms. The van der Waals surface area contributed by atoms with Gasteiger partial charge in [-0.25, -0.2) is 9.67 Å². The van der Waals surface area contributed by atoms with E-state index in [4.69, 9.17) is 9.47 Å². The molecule has 3 rings (SSSR count). The highest BCUT2D eigenvalue weighted by atomic mass is 16.5. The number of nitrogens with zero attached hydrogens (tertiary/aromatic N) is 3. The van der Waals surface area contributed by atoms with Gasteiger partial charge in [0.2, 0.25) is 5.82 Å². The van der Waals surface area contributed by atoms with Gasteiger partial charge in [0.15, 0.2) is 0 Å². The SMILES string of the molecule is COc1ccc(C(O)Cn2cnc(C(=O)NCc3ccccc3OC)n2)cc1. The first-order valence-electron chi connectivity index (χ1n) is 8.72. The number of amides is 1. The van der Waals surface area contributed by atoms with Gasteiger partial charge in [0, 0.05) is 12.1 Å². The molecule has 0 bridgehead atoms. The largest absolute Gasteiger partial charge is 0.497 e. The van der Waals surface area contributed by atoms with Gasteiger partial charge >= 0.3 is 0 Å². The smallest absolute Gasteiger partial charge is 0.291 e. The third-order valence-electron chi connectivity index (χ3n) is 4.23. The van der Waals surface area contributed by atoms with Crippen LogP contribution in [-0.4, -0.2) is 40.0 Å². The van der Waals surface area contributed by atoms with E-state index < -0.39 is 12.0 Å². The molecule has 0 saturated carbocycles. The molecule has 0 saturated heterocycles. The predicted octanol–water partition coefficient (Wildman–Crippen LogP) is 1.96. The molecule has 0 fully saturated rings. The van der Waals surface area contributed by atoms with Gasteiger partial charge in [0.1, 0.15) is 17.8 Å². The maximum Gasteiger partial charge on any atom is 0.291 e. The molecule has 1 unspecified atom stereocenters. The summed E-state index contributed by atoms with van der Waals surface area (Å²) in [6.45, 7) is 0.477. The van der Waals surface area contributed by atoms with Gasteiger partial charge < -0.3 is 19.9 Å². The van der Waals surface area contributed by atoms with E-state index >= 15 is 0 Å². The fourth-order valence-corrected chi connectivity index (χ4v) is 2.70. The number of aliphatic hydroxyl groups is 1. The fourth-order valence-electron chi connectivity index (χ4n) is 2.70. The molecule has 0 spiro atoms. The molecule has 1 amide bonds. The molecular weight excluding hydrogens is 360 g/mol. The third-order valence-corrected chi connectivity index (χ3v) is 4.23. The van der Waals surface area contributed by atoms with Crippen LogP contribution in [0.5, 0.6) is 11.5 Å². The number of carbonyl (C=O) groups is 1. The number of hydrogen-bond donors (Lipinski definition) is 2. The minimum Gasteiger partial charge on any atom is -0.497 e. The summed E-state index contributed by atoms with van der Waals surface area (Å²) in [7, 11) is 3.17. The van der Waals surface area contributed by atoms with Gasteiger partial charge in [0.25, 0.3) is 5.91 Å². The minimum atomic E-state index is -0.780. The molecule has 1 atom stereocenters. The van der Waals surface area contributed by atoms with Gasteiger partial charge in [-0.15, -0.1) is 5.10 Å². The topological polar surface area (TPSA) is 98.5 Å². The number of methoxy groups -OCH3 is 2. The summed E-state index contributed by atoms with van der Waals surface area (Å²) >= 11 is 0. The van der Waals surface area contributed by atoms with E-state index in [0.29, 0.717) is 18.0 Å². The molecule has 0 radical (unpaired) electrons. The molecule has 3 aromatic rings. The first kappa shape index (κ1) is 19.4. The summed E-state index contributed by atoms with van der Waals surface area (Å²) in [5, 5.41) is 17.3. The molecular formula is C20H22N4O4. The van der Waals surface area contributed by atoms with Crippen LogP contribution in [0.1, 0.15) is 27.8 Å². The zero-order chi connectivity index (χ0) is 19.9. The van der Waals surface area contributed by atoms with Crippen LogP contribution in [0.2, 0.25) is 0 Å².